The molecule has 0 spiro atoms. The molecular formula is C17H22N2OS. The Bertz CT molecular complexity index is 571. The van der Waals surface area contributed by atoms with Gasteiger partial charge in [0.05, 0.1) is 17.8 Å². The zero-order valence-electron chi connectivity index (χ0n) is 12.7. The van der Waals surface area contributed by atoms with Gasteiger partial charge in [-0.05, 0) is 56.7 Å². The van der Waals surface area contributed by atoms with E-state index in [4.69, 9.17) is 9.72 Å². The van der Waals surface area contributed by atoms with Gasteiger partial charge < -0.3 is 9.64 Å². The van der Waals surface area contributed by atoms with Crippen LogP contribution in [-0.2, 0) is 0 Å². The molecule has 112 valence electrons. The molecule has 1 aromatic heterocycles. The van der Waals surface area contributed by atoms with Crippen molar-refractivity contribution in [1.82, 2.24) is 9.88 Å². The van der Waals surface area contributed by atoms with Crippen LogP contribution in [0.15, 0.2) is 29.6 Å². The Morgan fingerprint density at radius 3 is 2.57 bits per heavy atom. The molecule has 0 N–H and O–H groups in total. The van der Waals surface area contributed by atoms with Gasteiger partial charge in [-0.2, -0.15) is 0 Å². The van der Waals surface area contributed by atoms with Crippen LogP contribution >= 0.6 is 11.3 Å². The van der Waals surface area contributed by atoms with Crippen molar-refractivity contribution >= 4 is 11.3 Å². The number of hydrogen-bond acceptors (Lipinski definition) is 4. The van der Waals surface area contributed by atoms with Crippen LogP contribution < -0.4 is 4.74 Å². The van der Waals surface area contributed by atoms with Crippen molar-refractivity contribution in [2.75, 3.05) is 26.7 Å². The van der Waals surface area contributed by atoms with Crippen molar-refractivity contribution in [3.05, 3.63) is 34.7 Å². The Kier molecular flexibility index (Phi) is 4.56. The van der Waals surface area contributed by atoms with E-state index in [2.05, 4.69) is 29.3 Å². The second kappa shape index (κ2) is 6.58. The Labute approximate surface area is 130 Å². The van der Waals surface area contributed by atoms with Crippen molar-refractivity contribution < 1.29 is 4.74 Å². The van der Waals surface area contributed by atoms with E-state index < -0.39 is 0 Å². The molecule has 21 heavy (non-hydrogen) atoms. The number of rotatable bonds is 4. The minimum Gasteiger partial charge on any atom is -0.497 e. The van der Waals surface area contributed by atoms with Crippen molar-refractivity contribution in [2.45, 2.75) is 25.7 Å². The summed E-state index contributed by atoms with van der Waals surface area (Å²) in [5.74, 6) is 1.53. The molecule has 0 atom stereocenters. The lowest BCUT2D eigenvalue weighted by molar-refractivity contribution is 0.222. The molecule has 1 aromatic carbocycles. The molecule has 0 bridgehead atoms. The zero-order valence-corrected chi connectivity index (χ0v) is 13.5. The van der Waals surface area contributed by atoms with Crippen LogP contribution in [0.5, 0.6) is 5.75 Å². The highest BCUT2D eigenvalue weighted by Gasteiger charge is 2.22. The summed E-state index contributed by atoms with van der Waals surface area (Å²) in [5, 5.41) is 3.49. The smallest absolute Gasteiger partial charge is 0.118 e. The first kappa shape index (κ1) is 14.5. The third kappa shape index (κ3) is 3.27. The highest BCUT2D eigenvalue weighted by molar-refractivity contribution is 7.10. The highest BCUT2D eigenvalue weighted by Crippen LogP contribution is 2.33. The van der Waals surface area contributed by atoms with E-state index in [1.165, 1.54) is 43.0 Å². The van der Waals surface area contributed by atoms with Crippen LogP contribution in [0.3, 0.4) is 0 Å². The molecule has 4 heteroatoms. The lowest BCUT2D eigenvalue weighted by Crippen LogP contribution is -2.32. The lowest BCUT2D eigenvalue weighted by atomic mass is 9.97. The fourth-order valence-electron chi connectivity index (χ4n) is 2.87. The fraction of sp³-hybridized carbons (Fsp3) is 0.471. The third-order valence-corrected chi connectivity index (χ3v) is 5.30. The summed E-state index contributed by atoms with van der Waals surface area (Å²) in [7, 11) is 1.69. The number of benzene rings is 1. The van der Waals surface area contributed by atoms with Crippen molar-refractivity contribution in [1.29, 1.82) is 0 Å². The summed E-state index contributed by atoms with van der Waals surface area (Å²) in [6.07, 6.45) is 2.48. The van der Waals surface area contributed by atoms with Crippen molar-refractivity contribution in [3.63, 3.8) is 0 Å². The van der Waals surface area contributed by atoms with E-state index in [-0.39, 0.29) is 0 Å². The van der Waals surface area contributed by atoms with Crippen LogP contribution in [0, 0.1) is 0 Å². The molecule has 0 unspecified atom stereocenters. The van der Waals surface area contributed by atoms with Gasteiger partial charge in [-0.3, -0.25) is 0 Å². The molecule has 0 saturated carbocycles. The van der Waals surface area contributed by atoms with E-state index in [0.29, 0.717) is 5.92 Å². The Hall–Kier alpha value is -1.39. The molecule has 3 nitrogen and oxygen atoms in total. The second-order valence-corrected chi connectivity index (χ2v) is 6.40. The minimum absolute atomic E-state index is 0.643. The Morgan fingerprint density at radius 2 is 1.95 bits per heavy atom. The number of nitrogens with zero attached hydrogens (tertiary/aromatic N) is 2. The first-order valence-corrected chi connectivity index (χ1v) is 8.50. The third-order valence-electron chi connectivity index (χ3n) is 4.29. The molecule has 1 aliphatic rings. The van der Waals surface area contributed by atoms with E-state index in [9.17, 15) is 0 Å². The number of ether oxygens (including phenoxy) is 1. The number of piperidine rings is 1. The minimum atomic E-state index is 0.643. The predicted octanol–water partition coefficient (Wildman–Crippen LogP) is 4.02. The summed E-state index contributed by atoms with van der Waals surface area (Å²) < 4.78 is 5.20. The summed E-state index contributed by atoms with van der Waals surface area (Å²) in [6, 6.07) is 8.15. The summed E-state index contributed by atoms with van der Waals surface area (Å²) >= 11 is 1.81. The first-order chi connectivity index (χ1) is 10.3. The normalized spacial score (nSPS) is 17.0. The average Bonchev–Trinajstić information content (AvgIpc) is 3.05. The van der Waals surface area contributed by atoms with Gasteiger partial charge in [-0.1, -0.05) is 6.92 Å². The van der Waals surface area contributed by atoms with Crippen molar-refractivity contribution in [3.8, 4) is 17.0 Å². The maximum absolute atomic E-state index is 5.20. The van der Waals surface area contributed by atoms with Crippen LogP contribution in [0.1, 0.15) is 30.7 Å². The lowest BCUT2D eigenvalue weighted by Gasteiger charge is -2.29. The van der Waals surface area contributed by atoms with E-state index in [0.717, 1.165) is 11.4 Å². The van der Waals surface area contributed by atoms with Gasteiger partial charge in [0.2, 0.25) is 0 Å². The number of methoxy groups -OCH3 is 1. The van der Waals surface area contributed by atoms with Crippen LogP contribution in [0.25, 0.3) is 11.3 Å². The number of likely N-dealkylation sites (tertiary alicyclic amines) is 1. The van der Waals surface area contributed by atoms with Gasteiger partial charge in [0.25, 0.3) is 0 Å². The van der Waals surface area contributed by atoms with E-state index >= 15 is 0 Å². The maximum atomic E-state index is 5.20. The van der Waals surface area contributed by atoms with Gasteiger partial charge >= 0.3 is 0 Å². The van der Waals surface area contributed by atoms with E-state index in [1.54, 1.807) is 7.11 Å². The summed E-state index contributed by atoms with van der Waals surface area (Å²) in [5.41, 5.74) is 2.26. The largest absolute Gasteiger partial charge is 0.497 e. The predicted molar refractivity (Wildman–Crippen MR) is 88.2 cm³/mol. The molecule has 0 radical (unpaired) electrons. The number of aromatic nitrogens is 1. The first-order valence-electron chi connectivity index (χ1n) is 7.62. The summed E-state index contributed by atoms with van der Waals surface area (Å²) in [6.45, 7) is 5.82. The SMILES string of the molecule is CCN1CCC(c2nc(-c3ccc(OC)cc3)cs2)CC1. The molecule has 0 aliphatic carbocycles. The monoisotopic (exact) mass is 302 g/mol. The average molecular weight is 302 g/mol. The van der Waals surface area contributed by atoms with E-state index in [1.807, 2.05) is 23.5 Å². The molecule has 3 rings (SSSR count). The van der Waals surface area contributed by atoms with Crippen LogP contribution in [-0.4, -0.2) is 36.6 Å². The van der Waals surface area contributed by atoms with Gasteiger partial charge in [-0.15, -0.1) is 11.3 Å². The Morgan fingerprint density at radius 1 is 1.24 bits per heavy atom. The van der Waals surface area contributed by atoms with Gasteiger partial charge in [0.15, 0.2) is 0 Å². The molecular weight excluding hydrogens is 280 g/mol. The summed E-state index contributed by atoms with van der Waals surface area (Å²) in [4.78, 5) is 7.39. The molecule has 0 amide bonds. The topological polar surface area (TPSA) is 25.4 Å². The Balaban J connectivity index is 1.71. The number of hydrogen-bond donors (Lipinski definition) is 0. The molecule has 1 aliphatic heterocycles. The van der Waals surface area contributed by atoms with Gasteiger partial charge in [0.1, 0.15) is 5.75 Å². The van der Waals surface area contributed by atoms with Crippen LogP contribution in [0.2, 0.25) is 0 Å². The molecule has 1 fully saturated rings. The van der Waals surface area contributed by atoms with Gasteiger partial charge in [-0.25, -0.2) is 4.98 Å². The fourth-order valence-corrected chi connectivity index (χ4v) is 3.87. The second-order valence-electron chi connectivity index (χ2n) is 5.51. The van der Waals surface area contributed by atoms with Gasteiger partial charge in [0, 0.05) is 16.9 Å². The zero-order chi connectivity index (χ0) is 14.7. The molecule has 2 heterocycles. The maximum Gasteiger partial charge on any atom is 0.118 e. The number of thiazole rings is 1. The quantitative estimate of drug-likeness (QED) is 0.853. The molecule has 1 saturated heterocycles. The van der Waals surface area contributed by atoms with Crippen LogP contribution in [0.4, 0.5) is 0 Å². The highest BCUT2D eigenvalue weighted by atomic mass is 32.1. The molecule has 2 aromatic rings. The van der Waals surface area contributed by atoms with Crippen molar-refractivity contribution in [2.24, 2.45) is 0 Å². The standard InChI is InChI=1S/C17H22N2OS/c1-3-19-10-8-14(9-11-19)17-18-16(12-21-17)13-4-6-15(20-2)7-5-13/h4-7,12,14H,3,8-11H2,1-2H3.